The molecule has 0 spiro atoms. The highest BCUT2D eigenvalue weighted by Crippen LogP contribution is 2.32. The van der Waals surface area contributed by atoms with E-state index in [-0.39, 0.29) is 11.9 Å². The Balaban J connectivity index is 1.73. The van der Waals surface area contributed by atoms with Crippen LogP contribution in [0.2, 0.25) is 0 Å². The molecule has 4 heteroatoms. The number of benzene rings is 1. The third kappa shape index (κ3) is 3.27. The second kappa shape index (κ2) is 7.14. The maximum absolute atomic E-state index is 12.8. The van der Waals surface area contributed by atoms with Crippen LogP contribution >= 0.6 is 0 Å². The number of hydrogen-bond donors (Lipinski definition) is 1. The molecule has 4 nitrogen and oxygen atoms in total. The number of fused-ring (bicyclic) bond motifs is 1. The molecule has 1 unspecified atom stereocenters. The minimum absolute atomic E-state index is 0.0683. The van der Waals surface area contributed by atoms with Crippen LogP contribution in [0, 0.1) is 0 Å². The Morgan fingerprint density at radius 1 is 1.14 bits per heavy atom. The number of likely N-dealkylation sites (tertiary alicyclic amines) is 1. The Kier molecular flexibility index (Phi) is 4.98. The van der Waals surface area contributed by atoms with Crippen molar-refractivity contribution in [2.45, 2.75) is 45.1 Å². The first-order chi connectivity index (χ1) is 10.8. The van der Waals surface area contributed by atoms with Gasteiger partial charge in [0.05, 0.1) is 11.4 Å². The molecule has 1 N–H and O–H groups in total. The van der Waals surface area contributed by atoms with Gasteiger partial charge in [0.1, 0.15) is 6.04 Å². The molecule has 1 aromatic rings. The van der Waals surface area contributed by atoms with Crippen LogP contribution in [0.4, 0.5) is 11.4 Å². The van der Waals surface area contributed by atoms with Crippen molar-refractivity contribution >= 4 is 17.3 Å². The van der Waals surface area contributed by atoms with Gasteiger partial charge in [-0.05, 0) is 44.5 Å². The Morgan fingerprint density at radius 3 is 2.68 bits per heavy atom. The number of amides is 1. The molecule has 0 radical (unpaired) electrons. The molecule has 22 heavy (non-hydrogen) atoms. The number of anilines is 2. The van der Waals surface area contributed by atoms with Crippen molar-refractivity contribution in [2.75, 3.05) is 36.4 Å². The summed E-state index contributed by atoms with van der Waals surface area (Å²) in [5.41, 5.74) is 2.14. The van der Waals surface area contributed by atoms with Gasteiger partial charge in [-0.2, -0.15) is 0 Å². The number of nitrogens with one attached hydrogen (secondary N) is 1. The van der Waals surface area contributed by atoms with Gasteiger partial charge in [0.25, 0.3) is 0 Å². The Hall–Kier alpha value is -1.55. The first kappa shape index (κ1) is 15.3. The van der Waals surface area contributed by atoms with E-state index < -0.39 is 0 Å². The Morgan fingerprint density at radius 2 is 1.91 bits per heavy atom. The quantitative estimate of drug-likeness (QED) is 0.908. The molecule has 2 heterocycles. The minimum atomic E-state index is -0.0683. The summed E-state index contributed by atoms with van der Waals surface area (Å²) < 4.78 is 0. The van der Waals surface area contributed by atoms with Crippen molar-refractivity contribution in [3.8, 4) is 0 Å². The maximum atomic E-state index is 12.8. The zero-order chi connectivity index (χ0) is 15.4. The summed E-state index contributed by atoms with van der Waals surface area (Å²) >= 11 is 0. The minimum Gasteiger partial charge on any atom is -0.372 e. The molecule has 1 saturated heterocycles. The van der Waals surface area contributed by atoms with E-state index in [1.165, 1.54) is 32.4 Å². The Bertz CT molecular complexity index is 511. The topological polar surface area (TPSA) is 35.6 Å². The largest absolute Gasteiger partial charge is 0.372 e. The average Bonchev–Trinajstić information content (AvgIpc) is 2.56. The molecule has 0 saturated carbocycles. The molecule has 3 rings (SSSR count). The molecule has 2 aliphatic heterocycles. The van der Waals surface area contributed by atoms with Gasteiger partial charge in [-0.1, -0.05) is 31.9 Å². The predicted octanol–water partition coefficient (Wildman–Crippen LogP) is 3.10. The van der Waals surface area contributed by atoms with Gasteiger partial charge in [-0.3, -0.25) is 4.79 Å². The van der Waals surface area contributed by atoms with Gasteiger partial charge in [-0.25, -0.2) is 0 Å². The second-order valence-corrected chi connectivity index (χ2v) is 6.39. The van der Waals surface area contributed by atoms with E-state index in [0.717, 1.165) is 37.3 Å². The van der Waals surface area contributed by atoms with Crippen LogP contribution in [-0.4, -0.2) is 43.0 Å². The number of piperidine rings is 1. The molecule has 1 aromatic carbocycles. The molecular formula is C18H27N3O. The van der Waals surface area contributed by atoms with Crippen molar-refractivity contribution in [3.05, 3.63) is 24.3 Å². The highest BCUT2D eigenvalue weighted by molar-refractivity contribution is 6.04. The van der Waals surface area contributed by atoms with Crippen molar-refractivity contribution in [2.24, 2.45) is 0 Å². The van der Waals surface area contributed by atoms with E-state index >= 15 is 0 Å². The van der Waals surface area contributed by atoms with E-state index in [1.807, 2.05) is 17.0 Å². The molecule has 0 bridgehead atoms. The SMILES string of the molecule is CCCC1Nc2ccccc2N(CCN2CCCCC2)C1=O. The monoisotopic (exact) mass is 301 g/mol. The number of carbonyl (C=O) groups is 1. The molecule has 0 aromatic heterocycles. The number of carbonyl (C=O) groups excluding carboxylic acids is 1. The van der Waals surface area contributed by atoms with Crippen molar-refractivity contribution in [1.82, 2.24) is 4.90 Å². The fraction of sp³-hybridized carbons (Fsp3) is 0.611. The third-order valence-corrected chi connectivity index (χ3v) is 4.75. The molecule has 2 aliphatic rings. The number of hydrogen-bond acceptors (Lipinski definition) is 3. The van der Waals surface area contributed by atoms with Crippen molar-refractivity contribution in [3.63, 3.8) is 0 Å². The number of para-hydroxylation sites is 2. The van der Waals surface area contributed by atoms with E-state index in [1.54, 1.807) is 0 Å². The number of nitrogens with zero attached hydrogens (tertiary/aromatic N) is 2. The highest BCUT2D eigenvalue weighted by Gasteiger charge is 2.31. The fourth-order valence-corrected chi connectivity index (χ4v) is 3.53. The molecule has 120 valence electrons. The summed E-state index contributed by atoms with van der Waals surface area (Å²) in [5, 5.41) is 3.41. The fourth-order valence-electron chi connectivity index (χ4n) is 3.53. The zero-order valence-corrected chi connectivity index (χ0v) is 13.6. The third-order valence-electron chi connectivity index (χ3n) is 4.75. The first-order valence-corrected chi connectivity index (χ1v) is 8.69. The smallest absolute Gasteiger partial charge is 0.249 e. The van der Waals surface area contributed by atoms with Crippen LogP contribution in [0.3, 0.4) is 0 Å². The van der Waals surface area contributed by atoms with E-state index in [0.29, 0.717) is 0 Å². The normalized spacial score (nSPS) is 22.3. The van der Waals surface area contributed by atoms with Crippen LogP contribution in [0.1, 0.15) is 39.0 Å². The molecular weight excluding hydrogens is 274 g/mol. The van der Waals surface area contributed by atoms with Gasteiger partial charge in [0.15, 0.2) is 0 Å². The lowest BCUT2D eigenvalue weighted by Crippen LogP contribution is -2.50. The van der Waals surface area contributed by atoms with E-state index in [2.05, 4.69) is 29.3 Å². The van der Waals surface area contributed by atoms with Crippen molar-refractivity contribution in [1.29, 1.82) is 0 Å². The first-order valence-electron chi connectivity index (χ1n) is 8.69. The Labute approximate surface area is 133 Å². The van der Waals surface area contributed by atoms with Crippen LogP contribution < -0.4 is 10.2 Å². The highest BCUT2D eigenvalue weighted by atomic mass is 16.2. The van der Waals surface area contributed by atoms with E-state index in [4.69, 9.17) is 0 Å². The van der Waals surface area contributed by atoms with Gasteiger partial charge >= 0.3 is 0 Å². The van der Waals surface area contributed by atoms with Crippen LogP contribution in [0.25, 0.3) is 0 Å². The summed E-state index contributed by atoms with van der Waals surface area (Å²) in [6.45, 7) is 6.28. The van der Waals surface area contributed by atoms with Gasteiger partial charge in [-0.15, -0.1) is 0 Å². The standard InChI is InChI=1S/C18H27N3O/c1-2-8-16-18(22)21(14-13-20-11-6-3-7-12-20)17-10-5-4-9-15(17)19-16/h4-5,9-10,16,19H,2-3,6-8,11-14H2,1H3. The lowest BCUT2D eigenvalue weighted by molar-refractivity contribution is -0.119. The van der Waals surface area contributed by atoms with Crippen molar-refractivity contribution < 1.29 is 4.79 Å². The van der Waals surface area contributed by atoms with Crippen LogP contribution in [0.15, 0.2) is 24.3 Å². The zero-order valence-electron chi connectivity index (χ0n) is 13.6. The lowest BCUT2D eigenvalue weighted by Gasteiger charge is -2.37. The molecule has 1 fully saturated rings. The lowest BCUT2D eigenvalue weighted by atomic mass is 10.0. The van der Waals surface area contributed by atoms with Gasteiger partial charge < -0.3 is 15.1 Å². The average molecular weight is 301 g/mol. The summed E-state index contributed by atoms with van der Waals surface area (Å²) in [4.78, 5) is 17.3. The maximum Gasteiger partial charge on any atom is 0.249 e. The summed E-state index contributed by atoms with van der Waals surface area (Å²) in [7, 11) is 0. The predicted molar refractivity (Wildman–Crippen MR) is 91.4 cm³/mol. The van der Waals surface area contributed by atoms with Gasteiger partial charge in [0, 0.05) is 13.1 Å². The molecule has 1 amide bonds. The second-order valence-electron chi connectivity index (χ2n) is 6.39. The summed E-state index contributed by atoms with van der Waals surface area (Å²) in [6.07, 6.45) is 5.86. The van der Waals surface area contributed by atoms with Crippen LogP contribution in [0.5, 0.6) is 0 Å². The van der Waals surface area contributed by atoms with E-state index in [9.17, 15) is 4.79 Å². The number of rotatable bonds is 5. The van der Waals surface area contributed by atoms with Gasteiger partial charge in [0.2, 0.25) is 5.91 Å². The summed E-state index contributed by atoms with van der Waals surface area (Å²) in [5.74, 6) is 0.234. The molecule has 1 atom stereocenters. The summed E-state index contributed by atoms with van der Waals surface area (Å²) in [6, 6.07) is 8.12. The van der Waals surface area contributed by atoms with Crippen LogP contribution in [-0.2, 0) is 4.79 Å². The molecule has 0 aliphatic carbocycles.